The van der Waals surface area contributed by atoms with Crippen LogP contribution in [0.15, 0.2) is 12.2 Å². The van der Waals surface area contributed by atoms with Gasteiger partial charge in [-0.1, -0.05) is 57.6 Å². The summed E-state index contributed by atoms with van der Waals surface area (Å²) in [4.78, 5) is 32.5. The van der Waals surface area contributed by atoms with E-state index in [9.17, 15) is 24.2 Å². The molecule has 0 aliphatic heterocycles. The number of hydrogen-bond acceptors (Lipinski definition) is 9. The summed E-state index contributed by atoms with van der Waals surface area (Å²) in [6.07, 6.45) is 14.6. The molecule has 0 saturated heterocycles. The smallest absolute Gasteiger partial charge is 0.458 e. The fraction of sp³-hybridized carbons (Fsp3) is 0.833. The number of carbonyl (C=O) groups is 2. The van der Waals surface area contributed by atoms with E-state index in [4.69, 9.17) is 14.4 Å². The highest BCUT2D eigenvalue weighted by Crippen LogP contribution is 2.43. The molecule has 3 N–H and O–H groups in total. The Morgan fingerprint density at radius 2 is 1.29 bits per heavy atom. The van der Waals surface area contributed by atoms with Crippen LogP contribution in [0.3, 0.4) is 0 Å². The SMILES string of the molecule is CCCCCC/C=C\CCCCCCCC(=O)OC(CO)COP(=O)(O)OCC(CO)OC(C)=O. The van der Waals surface area contributed by atoms with Crippen LogP contribution in [0, 0.1) is 0 Å². The van der Waals surface area contributed by atoms with Crippen molar-refractivity contribution in [3.05, 3.63) is 12.2 Å². The first kappa shape index (κ1) is 33.7. The van der Waals surface area contributed by atoms with Gasteiger partial charge in [-0.2, -0.15) is 0 Å². The zero-order chi connectivity index (χ0) is 26.4. The first-order valence-corrected chi connectivity index (χ1v) is 14.1. The van der Waals surface area contributed by atoms with Crippen molar-refractivity contribution in [3.8, 4) is 0 Å². The van der Waals surface area contributed by atoms with Crippen LogP contribution in [0.4, 0.5) is 0 Å². The lowest BCUT2D eigenvalue weighted by molar-refractivity contribution is -0.153. The lowest BCUT2D eigenvalue weighted by atomic mass is 10.1. The molecule has 11 heteroatoms. The van der Waals surface area contributed by atoms with Gasteiger partial charge in [0.15, 0.2) is 0 Å². The zero-order valence-corrected chi connectivity index (χ0v) is 22.2. The highest BCUT2D eigenvalue weighted by Gasteiger charge is 2.27. The zero-order valence-electron chi connectivity index (χ0n) is 21.3. The van der Waals surface area contributed by atoms with E-state index >= 15 is 0 Å². The Morgan fingerprint density at radius 1 is 0.800 bits per heavy atom. The average Bonchev–Trinajstić information content (AvgIpc) is 2.82. The molecule has 0 rings (SSSR count). The van der Waals surface area contributed by atoms with Crippen LogP contribution in [-0.2, 0) is 32.7 Å². The molecule has 0 radical (unpaired) electrons. The monoisotopic (exact) mass is 524 g/mol. The Morgan fingerprint density at radius 3 is 1.80 bits per heavy atom. The minimum atomic E-state index is -4.57. The molecular formula is C24H45O10P. The molecule has 0 aromatic heterocycles. The number of aliphatic hydroxyl groups excluding tert-OH is 2. The third kappa shape index (κ3) is 21.7. The van der Waals surface area contributed by atoms with Crippen molar-refractivity contribution in [2.24, 2.45) is 0 Å². The van der Waals surface area contributed by atoms with Gasteiger partial charge in [-0.25, -0.2) is 4.57 Å². The van der Waals surface area contributed by atoms with Crippen LogP contribution in [0.5, 0.6) is 0 Å². The molecule has 206 valence electrons. The molecule has 10 nitrogen and oxygen atoms in total. The molecule has 0 aliphatic carbocycles. The molecule has 0 spiro atoms. The highest BCUT2D eigenvalue weighted by molar-refractivity contribution is 7.47. The molecule has 35 heavy (non-hydrogen) atoms. The van der Waals surface area contributed by atoms with Crippen molar-refractivity contribution in [1.82, 2.24) is 0 Å². The minimum Gasteiger partial charge on any atom is -0.458 e. The third-order valence-electron chi connectivity index (χ3n) is 5.03. The van der Waals surface area contributed by atoms with E-state index in [0.29, 0.717) is 6.42 Å². The molecular weight excluding hydrogens is 479 g/mol. The third-order valence-corrected chi connectivity index (χ3v) is 5.98. The van der Waals surface area contributed by atoms with Gasteiger partial charge in [-0.15, -0.1) is 0 Å². The number of carbonyl (C=O) groups excluding carboxylic acids is 2. The molecule has 0 aromatic carbocycles. The standard InChI is InChI=1S/C24H45O10P/c1-3-4-5-6-7-8-9-10-11-12-13-14-15-16-24(28)34-23(18-26)20-32-35(29,30)31-19-22(17-25)33-21(2)27/h8-9,22-23,25-26H,3-7,10-20H2,1-2H3,(H,29,30)/b9-8-. The molecule has 0 bridgehead atoms. The average molecular weight is 525 g/mol. The summed E-state index contributed by atoms with van der Waals surface area (Å²) < 4.78 is 31.0. The number of aliphatic hydroxyl groups is 2. The van der Waals surface area contributed by atoms with Gasteiger partial charge in [-0.05, 0) is 32.1 Å². The summed E-state index contributed by atoms with van der Waals surface area (Å²) in [7, 11) is -4.57. The van der Waals surface area contributed by atoms with Gasteiger partial charge in [-0.3, -0.25) is 18.6 Å². The molecule has 0 heterocycles. The van der Waals surface area contributed by atoms with Gasteiger partial charge >= 0.3 is 19.8 Å². The van der Waals surface area contributed by atoms with E-state index in [-0.39, 0.29) is 6.42 Å². The predicted molar refractivity (Wildman–Crippen MR) is 132 cm³/mol. The number of unbranched alkanes of at least 4 members (excludes halogenated alkanes) is 9. The number of rotatable bonds is 23. The highest BCUT2D eigenvalue weighted by atomic mass is 31.2. The van der Waals surface area contributed by atoms with Crippen LogP contribution in [0.25, 0.3) is 0 Å². The van der Waals surface area contributed by atoms with Crippen LogP contribution >= 0.6 is 7.82 Å². The van der Waals surface area contributed by atoms with Crippen LogP contribution in [0.2, 0.25) is 0 Å². The molecule has 0 fully saturated rings. The van der Waals surface area contributed by atoms with Crippen molar-refractivity contribution in [3.63, 3.8) is 0 Å². The minimum absolute atomic E-state index is 0.183. The van der Waals surface area contributed by atoms with Gasteiger partial charge in [0, 0.05) is 13.3 Å². The van der Waals surface area contributed by atoms with Gasteiger partial charge < -0.3 is 24.6 Å². The normalized spacial score (nSPS) is 15.0. The number of phosphoric acid groups is 1. The number of hydrogen-bond donors (Lipinski definition) is 3. The molecule has 0 amide bonds. The molecule has 0 aliphatic rings. The van der Waals surface area contributed by atoms with E-state index in [0.717, 1.165) is 45.4 Å². The Kier molecular flexibility index (Phi) is 21.1. The number of allylic oxidation sites excluding steroid dienone is 2. The van der Waals surface area contributed by atoms with E-state index in [2.05, 4.69) is 28.3 Å². The number of esters is 2. The van der Waals surface area contributed by atoms with E-state index < -0.39 is 58.4 Å². The van der Waals surface area contributed by atoms with Crippen molar-refractivity contribution in [1.29, 1.82) is 0 Å². The van der Waals surface area contributed by atoms with E-state index in [1.807, 2.05) is 0 Å². The Hall–Kier alpha value is -1.29. The van der Waals surface area contributed by atoms with Crippen molar-refractivity contribution >= 4 is 19.8 Å². The number of ether oxygens (including phenoxy) is 2. The first-order valence-electron chi connectivity index (χ1n) is 12.6. The largest absolute Gasteiger partial charge is 0.472 e. The van der Waals surface area contributed by atoms with E-state index in [1.165, 1.54) is 25.7 Å². The van der Waals surface area contributed by atoms with Crippen molar-refractivity contribution in [2.75, 3.05) is 26.4 Å². The van der Waals surface area contributed by atoms with Crippen LogP contribution in [0.1, 0.15) is 90.9 Å². The van der Waals surface area contributed by atoms with Gasteiger partial charge in [0.1, 0.15) is 12.2 Å². The maximum Gasteiger partial charge on any atom is 0.472 e. The van der Waals surface area contributed by atoms with Crippen molar-refractivity contribution in [2.45, 2.75) is 103 Å². The molecule has 0 aromatic rings. The molecule has 3 unspecified atom stereocenters. The maximum atomic E-state index is 12.0. The molecule has 0 saturated carbocycles. The van der Waals surface area contributed by atoms with Crippen LogP contribution < -0.4 is 0 Å². The quantitative estimate of drug-likeness (QED) is 0.0768. The summed E-state index contributed by atoms with van der Waals surface area (Å²) >= 11 is 0. The number of phosphoric ester groups is 1. The Labute approximate surface area is 209 Å². The summed E-state index contributed by atoms with van der Waals surface area (Å²) in [6, 6.07) is 0. The fourth-order valence-corrected chi connectivity index (χ4v) is 3.89. The summed E-state index contributed by atoms with van der Waals surface area (Å²) in [5.41, 5.74) is 0. The van der Waals surface area contributed by atoms with Crippen molar-refractivity contribution < 1.29 is 47.8 Å². The second kappa shape index (κ2) is 21.9. The lowest BCUT2D eigenvalue weighted by Crippen LogP contribution is -2.28. The van der Waals surface area contributed by atoms with Gasteiger partial charge in [0.2, 0.25) is 0 Å². The first-order chi connectivity index (χ1) is 16.7. The maximum absolute atomic E-state index is 12.0. The van der Waals surface area contributed by atoms with Gasteiger partial charge in [0.05, 0.1) is 26.4 Å². The van der Waals surface area contributed by atoms with E-state index in [1.54, 1.807) is 0 Å². The van der Waals surface area contributed by atoms with Crippen LogP contribution in [-0.4, -0.2) is 65.7 Å². The van der Waals surface area contributed by atoms with Gasteiger partial charge in [0.25, 0.3) is 0 Å². The Bertz CT molecular complexity index is 625. The summed E-state index contributed by atoms with van der Waals surface area (Å²) in [6.45, 7) is 1.01. The lowest BCUT2D eigenvalue weighted by Gasteiger charge is -2.20. The predicted octanol–water partition coefficient (Wildman–Crippen LogP) is 4.21. The second-order valence-corrected chi connectivity index (χ2v) is 9.85. The topological polar surface area (TPSA) is 149 Å². The summed E-state index contributed by atoms with van der Waals surface area (Å²) in [5, 5.41) is 18.4. The fourth-order valence-electron chi connectivity index (χ4n) is 3.11. The molecule has 3 atom stereocenters. The Balaban J connectivity index is 3.93. The second-order valence-electron chi connectivity index (χ2n) is 8.40. The summed E-state index contributed by atoms with van der Waals surface area (Å²) in [5.74, 6) is -1.21.